The Morgan fingerprint density at radius 3 is 2.81 bits per heavy atom. The van der Waals surface area contributed by atoms with E-state index in [1.165, 1.54) is 16.0 Å². The van der Waals surface area contributed by atoms with Crippen LogP contribution in [-0.2, 0) is 17.8 Å². The standard InChI is InChI=1S/C27H28ClN5OS2/c28-19-3-1-17(2-4-19)18-7-12-33(13-8-18)14-9-24(34)32-27-25(20-5-10-30-16-23(20)36-27)26-31-21-15-29-11-6-22(21)35-26/h1-4,6,11,15,18,30H,5,7-10,12-14,16H2,(H,32,34). The van der Waals surface area contributed by atoms with E-state index in [9.17, 15) is 4.79 Å². The number of amides is 1. The molecule has 0 spiro atoms. The van der Waals surface area contributed by atoms with Crippen LogP contribution in [0.3, 0.4) is 0 Å². The molecule has 6 rings (SSSR count). The average molecular weight is 538 g/mol. The number of likely N-dealkylation sites (tertiary alicyclic amines) is 1. The Morgan fingerprint density at radius 1 is 1.17 bits per heavy atom. The number of nitrogens with zero attached hydrogens (tertiary/aromatic N) is 3. The Morgan fingerprint density at radius 2 is 2.00 bits per heavy atom. The van der Waals surface area contributed by atoms with Crippen molar-refractivity contribution in [1.29, 1.82) is 0 Å². The van der Waals surface area contributed by atoms with Crippen molar-refractivity contribution in [2.75, 3.05) is 31.5 Å². The Balaban J connectivity index is 1.11. The summed E-state index contributed by atoms with van der Waals surface area (Å²) >= 11 is 9.40. The molecule has 2 aliphatic heterocycles. The van der Waals surface area contributed by atoms with E-state index in [0.29, 0.717) is 12.3 Å². The zero-order valence-corrected chi connectivity index (χ0v) is 22.3. The summed E-state index contributed by atoms with van der Waals surface area (Å²) in [7, 11) is 0. The summed E-state index contributed by atoms with van der Waals surface area (Å²) in [6.07, 6.45) is 7.29. The van der Waals surface area contributed by atoms with Gasteiger partial charge in [-0.2, -0.15) is 0 Å². The third kappa shape index (κ3) is 5.06. The maximum Gasteiger partial charge on any atom is 0.226 e. The first-order valence-electron chi connectivity index (χ1n) is 12.5. The van der Waals surface area contributed by atoms with Crippen LogP contribution in [0.2, 0.25) is 5.02 Å². The van der Waals surface area contributed by atoms with Crippen LogP contribution >= 0.6 is 34.3 Å². The molecule has 1 saturated heterocycles. The SMILES string of the molecule is O=C(CCN1CCC(c2ccc(Cl)cc2)CC1)Nc1sc2c(c1-c1nc3cnccc3s1)CCNC2. The number of nitrogens with one attached hydrogen (secondary N) is 2. The number of hydrogen-bond acceptors (Lipinski definition) is 7. The van der Waals surface area contributed by atoms with Crippen LogP contribution in [0.25, 0.3) is 20.8 Å². The molecule has 2 N–H and O–H groups in total. The van der Waals surface area contributed by atoms with E-state index >= 15 is 0 Å². The topological polar surface area (TPSA) is 70.2 Å². The van der Waals surface area contributed by atoms with E-state index in [0.717, 1.165) is 82.8 Å². The number of thiazole rings is 1. The summed E-state index contributed by atoms with van der Waals surface area (Å²) < 4.78 is 1.12. The molecule has 1 aromatic carbocycles. The van der Waals surface area contributed by atoms with Crippen molar-refractivity contribution in [2.45, 2.75) is 38.1 Å². The van der Waals surface area contributed by atoms with Gasteiger partial charge in [0.15, 0.2) is 0 Å². The minimum Gasteiger partial charge on any atom is -0.317 e. The number of hydrogen-bond donors (Lipinski definition) is 2. The van der Waals surface area contributed by atoms with E-state index in [1.807, 2.05) is 24.4 Å². The minimum absolute atomic E-state index is 0.0745. The summed E-state index contributed by atoms with van der Waals surface area (Å²) in [4.78, 5) is 25.8. The van der Waals surface area contributed by atoms with E-state index in [-0.39, 0.29) is 5.91 Å². The third-order valence-corrected chi connectivity index (χ3v) is 9.62. The molecule has 186 valence electrons. The summed E-state index contributed by atoms with van der Waals surface area (Å²) in [6, 6.07) is 10.2. The van der Waals surface area contributed by atoms with Crippen LogP contribution in [0.15, 0.2) is 42.7 Å². The Bertz CT molecular complexity index is 1340. The molecule has 0 unspecified atom stereocenters. The Kier molecular flexibility index (Phi) is 7.04. The number of aromatic nitrogens is 2. The van der Waals surface area contributed by atoms with Crippen LogP contribution in [0.5, 0.6) is 0 Å². The Hall–Kier alpha value is -2.36. The number of carbonyl (C=O) groups is 1. The van der Waals surface area contributed by atoms with Gasteiger partial charge in [0, 0.05) is 41.2 Å². The van der Waals surface area contributed by atoms with Crippen LogP contribution in [-0.4, -0.2) is 47.0 Å². The largest absolute Gasteiger partial charge is 0.317 e. The highest BCUT2D eigenvalue weighted by molar-refractivity contribution is 7.22. The predicted octanol–water partition coefficient (Wildman–Crippen LogP) is 5.93. The number of anilines is 1. The maximum atomic E-state index is 13.1. The van der Waals surface area contributed by atoms with Gasteiger partial charge in [-0.3, -0.25) is 9.78 Å². The van der Waals surface area contributed by atoms with Gasteiger partial charge >= 0.3 is 0 Å². The van der Waals surface area contributed by atoms with Crippen molar-refractivity contribution in [1.82, 2.24) is 20.2 Å². The van der Waals surface area contributed by atoms with E-state index in [1.54, 1.807) is 28.9 Å². The highest BCUT2D eigenvalue weighted by Crippen LogP contribution is 2.44. The van der Waals surface area contributed by atoms with E-state index in [4.69, 9.17) is 16.6 Å². The van der Waals surface area contributed by atoms with E-state index < -0.39 is 0 Å². The van der Waals surface area contributed by atoms with Crippen LogP contribution < -0.4 is 10.6 Å². The van der Waals surface area contributed by atoms with Crippen LogP contribution in [0.1, 0.15) is 41.2 Å². The van der Waals surface area contributed by atoms with Crippen molar-refractivity contribution < 1.29 is 4.79 Å². The lowest BCUT2D eigenvalue weighted by Crippen LogP contribution is -2.35. The molecule has 0 aliphatic carbocycles. The monoisotopic (exact) mass is 537 g/mol. The zero-order chi connectivity index (χ0) is 24.5. The molecule has 4 aromatic rings. The fraction of sp³-hybridized carbons (Fsp3) is 0.370. The molecule has 36 heavy (non-hydrogen) atoms. The summed E-state index contributed by atoms with van der Waals surface area (Å²) in [6.45, 7) is 4.61. The molecule has 1 amide bonds. The van der Waals surface area contributed by atoms with Crippen molar-refractivity contribution in [2.24, 2.45) is 0 Å². The van der Waals surface area contributed by atoms with Crippen molar-refractivity contribution in [3.8, 4) is 10.6 Å². The number of fused-ring (bicyclic) bond motifs is 2. The molecule has 0 atom stereocenters. The van der Waals surface area contributed by atoms with Gasteiger partial charge in [0.25, 0.3) is 0 Å². The first kappa shape index (κ1) is 24.0. The maximum absolute atomic E-state index is 13.1. The Labute approximate surface area is 223 Å². The van der Waals surface area contributed by atoms with Gasteiger partial charge in [-0.15, -0.1) is 22.7 Å². The normalized spacial score (nSPS) is 16.8. The number of pyridine rings is 1. The first-order chi connectivity index (χ1) is 17.6. The lowest BCUT2D eigenvalue weighted by Gasteiger charge is -2.32. The number of piperidine rings is 1. The summed E-state index contributed by atoms with van der Waals surface area (Å²) in [5.74, 6) is 0.648. The molecular weight excluding hydrogens is 510 g/mol. The van der Waals surface area contributed by atoms with Crippen molar-refractivity contribution in [3.63, 3.8) is 0 Å². The predicted molar refractivity (Wildman–Crippen MR) is 149 cm³/mol. The number of halogens is 1. The molecule has 0 bridgehead atoms. The molecule has 6 nitrogen and oxygen atoms in total. The molecule has 5 heterocycles. The van der Waals surface area contributed by atoms with Gasteiger partial charge < -0.3 is 15.5 Å². The van der Waals surface area contributed by atoms with Crippen LogP contribution in [0.4, 0.5) is 5.00 Å². The lowest BCUT2D eigenvalue weighted by molar-refractivity contribution is -0.116. The fourth-order valence-electron chi connectivity index (χ4n) is 5.21. The number of carbonyl (C=O) groups excluding carboxylic acids is 1. The van der Waals surface area contributed by atoms with Gasteiger partial charge in [-0.05, 0) is 74.1 Å². The second kappa shape index (κ2) is 10.6. The molecule has 9 heteroatoms. The highest BCUT2D eigenvalue weighted by Gasteiger charge is 2.26. The smallest absolute Gasteiger partial charge is 0.226 e. The number of rotatable bonds is 6. The molecule has 3 aromatic heterocycles. The average Bonchev–Trinajstić information content (AvgIpc) is 3.49. The van der Waals surface area contributed by atoms with Gasteiger partial charge in [-0.1, -0.05) is 23.7 Å². The molecule has 0 saturated carbocycles. The molecule has 1 fully saturated rings. The van der Waals surface area contributed by atoms with Crippen molar-refractivity contribution in [3.05, 3.63) is 63.8 Å². The number of benzene rings is 1. The van der Waals surface area contributed by atoms with Gasteiger partial charge in [0.05, 0.1) is 10.9 Å². The van der Waals surface area contributed by atoms with Crippen molar-refractivity contribution >= 4 is 55.4 Å². The molecule has 0 radical (unpaired) electrons. The minimum atomic E-state index is 0.0745. The third-order valence-electron chi connectivity index (χ3n) is 7.17. The second-order valence-corrected chi connectivity index (χ2v) is 12.0. The van der Waals surface area contributed by atoms with Gasteiger partial charge in [-0.25, -0.2) is 4.98 Å². The summed E-state index contributed by atoms with van der Waals surface area (Å²) in [5, 5.41) is 9.40. The zero-order valence-electron chi connectivity index (χ0n) is 19.9. The van der Waals surface area contributed by atoms with Crippen LogP contribution in [0, 0.1) is 0 Å². The quantitative estimate of drug-likeness (QED) is 0.319. The summed E-state index contributed by atoms with van der Waals surface area (Å²) in [5.41, 5.74) is 4.71. The lowest BCUT2D eigenvalue weighted by atomic mass is 9.89. The van der Waals surface area contributed by atoms with Gasteiger partial charge in [0.2, 0.25) is 5.91 Å². The highest BCUT2D eigenvalue weighted by atomic mass is 35.5. The van der Waals surface area contributed by atoms with E-state index in [2.05, 4.69) is 32.7 Å². The number of thiophene rings is 1. The van der Waals surface area contributed by atoms with Gasteiger partial charge in [0.1, 0.15) is 15.5 Å². The first-order valence-corrected chi connectivity index (χ1v) is 14.5. The second-order valence-electron chi connectivity index (χ2n) is 9.46. The molecule has 2 aliphatic rings. The fourth-order valence-corrected chi connectivity index (χ4v) is 7.65. The molecular formula is C27H28ClN5OS2.